The zero-order chi connectivity index (χ0) is 22.4. The van der Waals surface area contributed by atoms with Crippen LogP contribution in [-0.4, -0.2) is 46.1 Å². The van der Waals surface area contributed by atoms with Gasteiger partial charge < -0.3 is 15.1 Å². The van der Waals surface area contributed by atoms with Gasteiger partial charge in [-0.3, -0.25) is 19.7 Å². The predicted molar refractivity (Wildman–Crippen MR) is 112 cm³/mol. The molecular weight excluding hydrogens is 415 g/mol. The van der Waals surface area contributed by atoms with Crippen molar-refractivity contribution in [2.45, 2.75) is 38.4 Å². The van der Waals surface area contributed by atoms with E-state index >= 15 is 0 Å². The van der Waals surface area contributed by atoms with Crippen LogP contribution in [0.1, 0.15) is 39.9 Å². The highest BCUT2D eigenvalue weighted by Gasteiger charge is 2.39. The number of amides is 5. The van der Waals surface area contributed by atoms with E-state index in [1.54, 1.807) is 29.2 Å². The third kappa shape index (κ3) is 3.59. The van der Waals surface area contributed by atoms with Gasteiger partial charge in [0.2, 0.25) is 11.8 Å². The number of halogens is 1. The van der Waals surface area contributed by atoms with Gasteiger partial charge in [0.05, 0.1) is 0 Å². The highest BCUT2D eigenvalue weighted by atomic mass is 19.1. The fourth-order valence-corrected chi connectivity index (χ4v) is 4.55. The van der Waals surface area contributed by atoms with Gasteiger partial charge in [0, 0.05) is 37.3 Å². The van der Waals surface area contributed by atoms with E-state index < -0.39 is 11.9 Å². The number of rotatable bonds is 2. The maximum Gasteiger partial charge on any atom is 0.322 e. The van der Waals surface area contributed by atoms with Gasteiger partial charge in [0.25, 0.3) is 5.91 Å². The van der Waals surface area contributed by atoms with Gasteiger partial charge in [0.15, 0.2) is 0 Å². The van der Waals surface area contributed by atoms with Crippen LogP contribution >= 0.6 is 0 Å². The second-order valence-electron chi connectivity index (χ2n) is 8.29. The maximum absolute atomic E-state index is 13.5. The number of benzene rings is 2. The molecule has 8 nitrogen and oxygen atoms in total. The molecule has 0 aromatic heterocycles. The van der Waals surface area contributed by atoms with Crippen LogP contribution in [0.3, 0.4) is 0 Å². The minimum absolute atomic E-state index is 0.195. The van der Waals surface area contributed by atoms with Crippen molar-refractivity contribution >= 4 is 29.4 Å². The average molecular weight is 436 g/mol. The van der Waals surface area contributed by atoms with Crippen molar-refractivity contribution in [2.24, 2.45) is 0 Å². The minimum atomic E-state index is -0.681. The van der Waals surface area contributed by atoms with Crippen molar-refractivity contribution in [1.82, 2.24) is 15.1 Å². The number of carbonyl (C=O) groups excluding carboxylic acids is 4. The molecule has 5 rings (SSSR count). The number of nitrogens with one attached hydrogen (secondary N) is 2. The molecule has 1 saturated heterocycles. The summed E-state index contributed by atoms with van der Waals surface area (Å²) >= 11 is 0. The summed E-state index contributed by atoms with van der Waals surface area (Å²) < 4.78 is 13.5. The van der Waals surface area contributed by atoms with Crippen LogP contribution < -0.4 is 10.6 Å². The molecule has 2 aromatic rings. The molecule has 1 fully saturated rings. The Hall–Kier alpha value is -3.75. The van der Waals surface area contributed by atoms with Crippen molar-refractivity contribution in [1.29, 1.82) is 0 Å². The Balaban J connectivity index is 1.28. The lowest BCUT2D eigenvalue weighted by Crippen LogP contribution is -2.52. The molecule has 0 radical (unpaired) electrons. The number of hydrogen-bond acceptors (Lipinski definition) is 4. The van der Waals surface area contributed by atoms with E-state index in [9.17, 15) is 23.6 Å². The Morgan fingerprint density at radius 1 is 1.00 bits per heavy atom. The molecule has 9 heteroatoms. The van der Waals surface area contributed by atoms with Crippen LogP contribution in [-0.2, 0) is 29.1 Å². The molecule has 0 saturated carbocycles. The zero-order valence-corrected chi connectivity index (χ0v) is 17.2. The SMILES string of the molecule is O=C1CCC(N2Cc3cc(NC(=O)N4CCc5ccc(F)cc5C4)ccc3C2=O)C(=O)N1. The molecule has 5 amide bonds. The maximum atomic E-state index is 13.5. The smallest absolute Gasteiger partial charge is 0.322 e. The molecule has 3 aliphatic rings. The quantitative estimate of drug-likeness (QED) is 0.705. The number of imide groups is 1. The Labute approximate surface area is 183 Å². The minimum Gasteiger partial charge on any atom is -0.322 e. The number of anilines is 1. The number of piperidine rings is 1. The van der Waals surface area contributed by atoms with E-state index in [4.69, 9.17) is 0 Å². The third-order valence-electron chi connectivity index (χ3n) is 6.24. The lowest BCUT2D eigenvalue weighted by molar-refractivity contribution is -0.136. The first-order chi connectivity index (χ1) is 15.4. The van der Waals surface area contributed by atoms with Gasteiger partial charge >= 0.3 is 6.03 Å². The number of hydrogen-bond donors (Lipinski definition) is 2. The molecule has 0 aliphatic carbocycles. The predicted octanol–water partition coefficient (Wildman–Crippen LogP) is 2.18. The van der Waals surface area contributed by atoms with Crippen LogP contribution in [0.15, 0.2) is 36.4 Å². The first-order valence-corrected chi connectivity index (χ1v) is 10.5. The standard InChI is InChI=1S/C23H21FN4O4/c24-16-2-1-13-7-8-27(11-14(13)9-16)23(32)25-17-3-4-18-15(10-17)12-28(22(18)31)19-5-6-20(29)26-21(19)30/h1-4,9-10,19H,5-8,11-12H2,(H,25,32)(H,26,29,30). The normalized spacial score (nSPS) is 20.0. The van der Waals surface area contributed by atoms with E-state index in [0.717, 1.165) is 11.1 Å². The Morgan fingerprint density at radius 2 is 1.84 bits per heavy atom. The summed E-state index contributed by atoms with van der Waals surface area (Å²) in [5.74, 6) is -1.38. The lowest BCUT2D eigenvalue weighted by Gasteiger charge is -2.29. The fourth-order valence-electron chi connectivity index (χ4n) is 4.55. The summed E-state index contributed by atoms with van der Waals surface area (Å²) in [6, 6.07) is 8.68. The van der Waals surface area contributed by atoms with E-state index in [0.29, 0.717) is 42.7 Å². The number of fused-ring (bicyclic) bond motifs is 2. The summed E-state index contributed by atoms with van der Waals surface area (Å²) in [7, 11) is 0. The average Bonchev–Trinajstić information content (AvgIpc) is 3.08. The third-order valence-corrected chi connectivity index (χ3v) is 6.24. The van der Waals surface area contributed by atoms with Crippen LogP contribution in [0, 0.1) is 5.82 Å². The molecule has 2 N–H and O–H groups in total. The summed E-state index contributed by atoms with van der Waals surface area (Å²) in [4.78, 5) is 52.2. The molecule has 164 valence electrons. The summed E-state index contributed by atoms with van der Waals surface area (Å²) in [5.41, 5.74) is 3.57. The zero-order valence-electron chi connectivity index (χ0n) is 17.2. The monoisotopic (exact) mass is 436 g/mol. The molecule has 1 unspecified atom stereocenters. The van der Waals surface area contributed by atoms with E-state index in [-0.39, 0.29) is 36.6 Å². The van der Waals surface area contributed by atoms with Gasteiger partial charge in [-0.2, -0.15) is 0 Å². The number of nitrogens with zero attached hydrogens (tertiary/aromatic N) is 2. The molecule has 32 heavy (non-hydrogen) atoms. The van der Waals surface area contributed by atoms with Crippen LogP contribution in [0.5, 0.6) is 0 Å². The van der Waals surface area contributed by atoms with E-state index in [2.05, 4.69) is 10.6 Å². The molecule has 3 heterocycles. The van der Waals surface area contributed by atoms with E-state index in [1.165, 1.54) is 17.0 Å². The summed E-state index contributed by atoms with van der Waals surface area (Å²) in [6.07, 6.45) is 1.15. The van der Waals surface area contributed by atoms with Gasteiger partial charge in [0.1, 0.15) is 11.9 Å². The van der Waals surface area contributed by atoms with Gasteiger partial charge in [-0.1, -0.05) is 6.07 Å². The molecule has 1 atom stereocenters. The van der Waals surface area contributed by atoms with Gasteiger partial charge in [-0.25, -0.2) is 9.18 Å². The fraction of sp³-hybridized carbons (Fsp3) is 0.304. The first kappa shape index (κ1) is 20.2. The second kappa shape index (κ2) is 7.74. The number of carbonyl (C=O) groups is 4. The van der Waals surface area contributed by atoms with Crippen LogP contribution in [0.25, 0.3) is 0 Å². The highest BCUT2D eigenvalue weighted by molar-refractivity contribution is 6.05. The highest BCUT2D eigenvalue weighted by Crippen LogP contribution is 2.30. The summed E-state index contributed by atoms with van der Waals surface area (Å²) in [5, 5.41) is 5.13. The Bertz CT molecular complexity index is 1160. The van der Waals surface area contributed by atoms with Crippen molar-refractivity contribution in [2.75, 3.05) is 11.9 Å². The van der Waals surface area contributed by atoms with Crippen LogP contribution in [0.4, 0.5) is 14.9 Å². The Kier molecular flexibility index (Phi) is 4.88. The van der Waals surface area contributed by atoms with Crippen molar-refractivity contribution in [3.05, 3.63) is 64.5 Å². The second-order valence-corrected chi connectivity index (χ2v) is 8.29. The first-order valence-electron chi connectivity index (χ1n) is 10.5. The molecular formula is C23H21FN4O4. The largest absolute Gasteiger partial charge is 0.322 e. The van der Waals surface area contributed by atoms with Crippen molar-refractivity contribution in [3.63, 3.8) is 0 Å². The topological polar surface area (TPSA) is 98.8 Å². The molecule has 2 aromatic carbocycles. The van der Waals surface area contributed by atoms with E-state index in [1.807, 2.05) is 0 Å². The van der Waals surface area contributed by atoms with Crippen LogP contribution in [0.2, 0.25) is 0 Å². The van der Waals surface area contributed by atoms with Gasteiger partial charge in [-0.15, -0.1) is 0 Å². The molecule has 0 spiro atoms. The number of urea groups is 1. The van der Waals surface area contributed by atoms with Crippen molar-refractivity contribution in [3.8, 4) is 0 Å². The molecule has 3 aliphatic heterocycles. The Morgan fingerprint density at radius 3 is 2.66 bits per heavy atom. The van der Waals surface area contributed by atoms with Crippen molar-refractivity contribution < 1.29 is 23.6 Å². The summed E-state index contributed by atoms with van der Waals surface area (Å²) in [6.45, 7) is 1.09. The lowest BCUT2D eigenvalue weighted by atomic mass is 10.00. The molecule has 0 bridgehead atoms. The van der Waals surface area contributed by atoms with Gasteiger partial charge in [-0.05, 0) is 59.9 Å².